The predicted octanol–water partition coefficient (Wildman–Crippen LogP) is 2.59. The summed E-state index contributed by atoms with van der Waals surface area (Å²) in [5, 5.41) is 8.63. The van der Waals surface area contributed by atoms with Gasteiger partial charge in [-0.05, 0) is 29.8 Å². The van der Waals surface area contributed by atoms with Gasteiger partial charge < -0.3 is 9.47 Å². The average Bonchev–Trinajstić information content (AvgIpc) is 2.48. The van der Waals surface area contributed by atoms with Gasteiger partial charge in [-0.2, -0.15) is 5.26 Å². The SMILES string of the molecule is N#CCc1ccc(-c2ccc3c(c2)OCCO3)nc1. The van der Waals surface area contributed by atoms with E-state index in [-0.39, 0.29) is 0 Å². The summed E-state index contributed by atoms with van der Waals surface area (Å²) in [5.74, 6) is 1.53. The van der Waals surface area contributed by atoms with Gasteiger partial charge in [0.05, 0.1) is 18.2 Å². The number of benzene rings is 1. The molecule has 4 heteroatoms. The van der Waals surface area contributed by atoms with Crippen LogP contribution >= 0.6 is 0 Å². The molecule has 0 saturated heterocycles. The summed E-state index contributed by atoms with van der Waals surface area (Å²) in [5.41, 5.74) is 2.76. The van der Waals surface area contributed by atoms with Crippen LogP contribution < -0.4 is 9.47 Å². The van der Waals surface area contributed by atoms with Crippen molar-refractivity contribution < 1.29 is 9.47 Å². The van der Waals surface area contributed by atoms with Crippen LogP contribution in [-0.2, 0) is 6.42 Å². The number of hydrogen-bond donors (Lipinski definition) is 0. The van der Waals surface area contributed by atoms with E-state index >= 15 is 0 Å². The maximum atomic E-state index is 8.63. The Morgan fingerprint density at radius 3 is 2.68 bits per heavy atom. The van der Waals surface area contributed by atoms with Crippen molar-refractivity contribution in [2.45, 2.75) is 6.42 Å². The minimum Gasteiger partial charge on any atom is -0.486 e. The highest BCUT2D eigenvalue weighted by molar-refractivity contribution is 5.64. The molecule has 0 radical (unpaired) electrons. The third-order valence-corrected chi connectivity index (χ3v) is 2.95. The van der Waals surface area contributed by atoms with Crippen molar-refractivity contribution >= 4 is 0 Å². The molecule has 4 nitrogen and oxygen atoms in total. The first-order chi connectivity index (χ1) is 9.36. The normalized spacial score (nSPS) is 12.8. The second-order valence-corrected chi connectivity index (χ2v) is 4.25. The monoisotopic (exact) mass is 252 g/mol. The number of rotatable bonds is 2. The van der Waals surface area contributed by atoms with Crippen LogP contribution in [0.15, 0.2) is 36.5 Å². The molecule has 0 amide bonds. The lowest BCUT2D eigenvalue weighted by Crippen LogP contribution is -2.15. The minimum atomic E-state index is 0.383. The molecular weight excluding hydrogens is 240 g/mol. The first kappa shape index (κ1) is 11.5. The molecule has 1 aliphatic heterocycles. The highest BCUT2D eigenvalue weighted by Crippen LogP contribution is 2.33. The maximum absolute atomic E-state index is 8.63. The van der Waals surface area contributed by atoms with Crippen molar-refractivity contribution in [3.8, 4) is 28.8 Å². The highest BCUT2D eigenvalue weighted by Gasteiger charge is 2.12. The van der Waals surface area contributed by atoms with Crippen LogP contribution in [0.2, 0.25) is 0 Å². The lowest BCUT2D eigenvalue weighted by Gasteiger charge is -2.18. The van der Waals surface area contributed by atoms with Gasteiger partial charge >= 0.3 is 0 Å². The minimum absolute atomic E-state index is 0.383. The van der Waals surface area contributed by atoms with E-state index < -0.39 is 0 Å². The van der Waals surface area contributed by atoms with Gasteiger partial charge in [-0.3, -0.25) is 4.98 Å². The van der Waals surface area contributed by atoms with Gasteiger partial charge in [-0.15, -0.1) is 0 Å². The predicted molar refractivity (Wildman–Crippen MR) is 70.0 cm³/mol. The van der Waals surface area contributed by atoms with Gasteiger partial charge in [-0.25, -0.2) is 0 Å². The number of fused-ring (bicyclic) bond motifs is 1. The molecule has 1 aliphatic rings. The van der Waals surface area contributed by atoms with E-state index in [4.69, 9.17) is 14.7 Å². The number of aromatic nitrogens is 1. The average molecular weight is 252 g/mol. The Morgan fingerprint density at radius 2 is 1.95 bits per heavy atom. The molecule has 0 aliphatic carbocycles. The van der Waals surface area contributed by atoms with Crippen molar-refractivity contribution in [2.75, 3.05) is 13.2 Å². The number of ether oxygens (including phenoxy) is 2. The maximum Gasteiger partial charge on any atom is 0.162 e. The van der Waals surface area contributed by atoms with E-state index in [1.54, 1.807) is 6.20 Å². The van der Waals surface area contributed by atoms with Gasteiger partial charge in [-0.1, -0.05) is 6.07 Å². The molecule has 2 aromatic rings. The molecular formula is C15H12N2O2. The topological polar surface area (TPSA) is 55.1 Å². The lowest BCUT2D eigenvalue weighted by molar-refractivity contribution is 0.171. The molecule has 0 atom stereocenters. The van der Waals surface area contributed by atoms with E-state index in [0.717, 1.165) is 28.3 Å². The number of nitriles is 1. The molecule has 0 saturated carbocycles. The zero-order chi connectivity index (χ0) is 13.1. The first-order valence-corrected chi connectivity index (χ1v) is 6.09. The van der Waals surface area contributed by atoms with Gasteiger partial charge in [0, 0.05) is 11.8 Å². The van der Waals surface area contributed by atoms with Gasteiger partial charge in [0.1, 0.15) is 13.2 Å². The summed E-state index contributed by atoms with van der Waals surface area (Å²) in [4.78, 5) is 4.37. The third kappa shape index (κ3) is 2.36. The third-order valence-electron chi connectivity index (χ3n) is 2.95. The van der Waals surface area contributed by atoms with Crippen LogP contribution in [0, 0.1) is 11.3 Å². The van der Waals surface area contributed by atoms with Crippen LogP contribution in [-0.4, -0.2) is 18.2 Å². The molecule has 0 fully saturated rings. The molecule has 3 rings (SSSR count). The Labute approximate surface area is 111 Å². The van der Waals surface area contributed by atoms with Gasteiger partial charge in [0.2, 0.25) is 0 Å². The molecule has 2 heterocycles. The number of hydrogen-bond acceptors (Lipinski definition) is 4. The molecule has 0 spiro atoms. The zero-order valence-corrected chi connectivity index (χ0v) is 10.3. The number of nitrogens with zero attached hydrogens (tertiary/aromatic N) is 2. The van der Waals surface area contributed by atoms with Crippen LogP contribution in [0.25, 0.3) is 11.3 Å². The van der Waals surface area contributed by atoms with Gasteiger partial charge in [0.25, 0.3) is 0 Å². The Balaban J connectivity index is 1.91. The second-order valence-electron chi connectivity index (χ2n) is 4.25. The van der Waals surface area contributed by atoms with E-state index in [9.17, 15) is 0 Å². The van der Waals surface area contributed by atoms with Crippen LogP contribution in [0.5, 0.6) is 11.5 Å². The zero-order valence-electron chi connectivity index (χ0n) is 10.3. The fraction of sp³-hybridized carbons (Fsp3) is 0.200. The van der Waals surface area contributed by atoms with E-state index in [1.807, 2.05) is 30.3 Å². The largest absolute Gasteiger partial charge is 0.486 e. The van der Waals surface area contributed by atoms with Gasteiger partial charge in [0.15, 0.2) is 11.5 Å². The van der Waals surface area contributed by atoms with Crippen molar-refractivity contribution in [3.63, 3.8) is 0 Å². The summed E-state index contributed by atoms with van der Waals surface area (Å²) in [7, 11) is 0. The Morgan fingerprint density at radius 1 is 1.11 bits per heavy atom. The Bertz CT molecular complexity index is 630. The van der Waals surface area contributed by atoms with Crippen LogP contribution in [0.4, 0.5) is 0 Å². The van der Waals surface area contributed by atoms with E-state index in [2.05, 4.69) is 11.1 Å². The standard InChI is InChI=1S/C15H12N2O2/c16-6-5-11-1-3-13(17-10-11)12-2-4-14-15(9-12)19-8-7-18-14/h1-4,9-10H,5,7-8H2. The summed E-state index contributed by atoms with van der Waals surface area (Å²) in [6.45, 7) is 1.17. The smallest absolute Gasteiger partial charge is 0.162 e. The highest BCUT2D eigenvalue weighted by atomic mass is 16.6. The van der Waals surface area contributed by atoms with Crippen molar-refractivity contribution in [2.24, 2.45) is 0 Å². The van der Waals surface area contributed by atoms with E-state index in [0.29, 0.717) is 19.6 Å². The van der Waals surface area contributed by atoms with Crippen molar-refractivity contribution in [1.82, 2.24) is 4.98 Å². The molecule has 0 bridgehead atoms. The fourth-order valence-corrected chi connectivity index (χ4v) is 1.99. The molecule has 1 aromatic carbocycles. The Hall–Kier alpha value is -2.54. The number of pyridine rings is 1. The summed E-state index contributed by atoms with van der Waals surface area (Å²) in [6.07, 6.45) is 2.11. The lowest BCUT2D eigenvalue weighted by atomic mass is 10.1. The molecule has 94 valence electrons. The van der Waals surface area contributed by atoms with Crippen LogP contribution in [0.3, 0.4) is 0 Å². The van der Waals surface area contributed by atoms with Crippen LogP contribution in [0.1, 0.15) is 5.56 Å². The molecule has 0 unspecified atom stereocenters. The molecule has 1 aromatic heterocycles. The first-order valence-electron chi connectivity index (χ1n) is 6.09. The summed E-state index contributed by atoms with van der Waals surface area (Å²) >= 11 is 0. The van der Waals surface area contributed by atoms with Crippen molar-refractivity contribution in [1.29, 1.82) is 5.26 Å². The Kier molecular flexibility index (Phi) is 3.03. The second kappa shape index (κ2) is 4.99. The quantitative estimate of drug-likeness (QED) is 0.824. The molecule has 19 heavy (non-hydrogen) atoms. The van der Waals surface area contributed by atoms with E-state index in [1.165, 1.54) is 0 Å². The fourth-order valence-electron chi connectivity index (χ4n) is 1.99. The van der Waals surface area contributed by atoms with Crippen molar-refractivity contribution in [3.05, 3.63) is 42.1 Å². The molecule has 0 N–H and O–H groups in total. The summed E-state index contributed by atoms with van der Waals surface area (Å²) < 4.78 is 11.0. The summed E-state index contributed by atoms with van der Waals surface area (Å²) in [6, 6.07) is 11.7.